The van der Waals surface area contributed by atoms with Gasteiger partial charge in [-0.05, 0) is 74.0 Å². The second-order valence-corrected chi connectivity index (χ2v) is 11.8. The molecule has 11 nitrogen and oxygen atoms in total. The van der Waals surface area contributed by atoms with Gasteiger partial charge in [-0.1, -0.05) is 31.0 Å². The number of carbonyl (C=O) groups is 3. The summed E-state index contributed by atoms with van der Waals surface area (Å²) in [5.74, 6) is -0.961. The number of hydrogen-bond acceptors (Lipinski definition) is 8. The van der Waals surface area contributed by atoms with E-state index in [1.54, 1.807) is 6.07 Å². The molecule has 1 atom stereocenters. The minimum absolute atomic E-state index is 0.0927. The number of primary amides is 1. The third-order valence-electron chi connectivity index (χ3n) is 7.73. The van der Waals surface area contributed by atoms with Gasteiger partial charge >= 0.3 is 6.03 Å². The Labute approximate surface area is 259 Å². The standard InChI is InChI=1S/C33H46N4O7/c1-33(2)43-23-26-19-25(13-14-29(26)44-33)28(38)20-35-15-6-3-4-7-16-42-17-8-5-10-24-11-9-12-27(18-24)36-22-31(40)37(32(36)41)21-30(34)39/h9,11-14,18-19,28,35,38H,3-8,10,15-17,20-23H2,1-2H3,(H2,34,39)/t28-/m0/s1. The quantitative estimate of drug-likeness (QED) is 0.171. The second-order valence-electron chi connectivity index (χ2n) is 11.8. The van der Waals surface area contributed by atoms with E-state index in [4.69, 9.17) is 19.9 Å². The highest BCUT2D eigenvalue weighted by atomic mass is 16.7. The number of unbranched alkanes of at least 4 members (excludes halogenated alkanes) is 4. The number of ether oxygens (including phenoxy) is 3. The molecule has 2 aliphatic rings. The summed E-state index contributed by atoms with van der Waals surface area (Å²) in [5, 5.41) is 13.9. The van der Waals surface area contributed by atoms with Gasteiger partial charge in [0.1, 0.15) is 18.8 Å². The number of benzene rings is 2. The molecule has 0 aliphatic carbocycles. The number of urea groups is 1. The number of imide groups is 1. The second kappa shape index (κ2) is 16.0. The largest absolute Gasteiger partial charge is 0.463 e. The predicted octanol–water partition coefficient (Wildman–Crippen LogP) is 3.81. The van der Waals surface area contributed by atoms with E-state index in [2.05, 4.69) is 5.32 Å². The minimum Gasteiger partial charge on any atom is -0.463 e. The summed E-state index contributed by atoms with van der Waals surface area (Å²) in [6.07, 6.45) is 6.44. The highest BCUT2D eigenvalue weighted by Crippen LogP contribution is 2.33. The van der Waals surface area contributed by atoms with Crippen molar-refractivity contribution >= 4 is 23.5 Å². The average molecular weight is 611 g/mol. The molecule has 0 saturated carbocycles. The number of hydrogen-bond donors (Lipinski definition) is 3. The van der Waals surface area contributed by atoms with Crippen molar-refractivity contribution in [3.8, 4) is 5.75 Å². The van der Waals surface area contributed by atoms with Gasteiger partial charge in [0.15, 0.2) is 0 Å². The van der Waals surface area contributed by atoms with Crippen molar-refractivity contribution in [2.75, 3.05) is 44.3 Å². The summed E-state index contributed by atoms with van der Waals surface area (Å²) >= 11 is 0. The maximum absolute atomic E-state index is 12.5. The molecule has 0 bridgehead atoms. The van der Waals surface area contributed by atoms with Gasteiger partial charge in [-0.25, -0.2) is 4.79 Å². The van der Waals surface area contributed by atoms with Crippen molar-refractivity contribution in [2.45, 2.75) is 77.3 Å². The van der Waals surface area contributed by atoms with Crippen molar-refractivity contribution in [1.82, 2.24) is 10.2 Å². The Kier molecular flexibility index (Phi) is 12.1. The fraction of sp³-hybridized carbons (Fsp3) is 0.545. The summed E-state index contributed by atoms with van der Waals surface area (Å²) in [7, 11) is 0. The lowest BCUT2D eigenvalue weighted by molar-refractivity contribution is -0.180. The van der Waals surface area contributed by atoms with Crippen LogP contribution < -0.4 is 20.7 Å². The molecule has 11 heteroatoms. The number of nitrogens with one attached hydrogen (secondary N) is 1. The van der Waals surface area contributed by atoms with E-state index in [1.807, 2.05) is 50.2 Å². The number of amides is 4. The third kappa shape index (κ3) is 9.75. The SMILES string of the molecule is CC1(C)OCc2cc([C@@H](O)CNCCCCCCOCCCCc3cccc(N4CC(=O)N(CC(N)=O)C4=O)c3)ccc2O1. The molecule has 2 aromatic rings. The Bertz CT molecular complexity index is 1280. The molecule has 0 aromatic heterocycles. The van der Waals surface area contributed by atoms with Gasteiger partial charge in [0, 0.05) is 44.9 Å². The van der Waals surface area contributed by atoms with Crippen LogP contribution in [-0.4, -0.2) is 73.0 Å². The Balaban J connectivity index is 1.00. The fourth-order valence-electron chi connectivity index (χ4n) is 5.30. The first-order chi connectivity index (χ1) is 21.1. The molecule has 2 aromatic carbocycles. The van der Waals surface area contributed by atoms with Crippen LogP contribution in [0.3, 0.4) is 0 Å². The summed E-state index contributed by atoms with van der Waals surface area (Å²) in [4.78, 5) is 38.1. The average Bonchev–Trinajstić information content (AvgIpc) is 3.27. The zero-order valence-corrected chi connectivity index (χ0v) is 25.9. The van der Waals surface area contributed by atoms with Gasteiger partial charge < -0.3 is 30.4 Å². The zero-order chi connectivity index (χ0) is 31.5. The summed E-state index contributed by atoms with van der Waals surface area (Å²) < 4.78 is 17.3. The lowest BCUT2D eigenvalue weighted by atomic mass is 10.0. The molecule has 4 rings (SSSR count). The third-order valence-corrected chi connectivity index (χ3v) is 7.73. The Morgan fingerprint density at radius 1 is 1.07 bits per heavy atom. The van der Waals surface area contributed by atoms with Crippen molar-refractivity contribution in [2.24, 2.45) is 5.73 Å². The van der Waals surface area contributed by atoms with Gasteiger partial charge in [0.25, 0.3) is 5.91 Å². The van der Waals surface area contributed by atoms with Gasteiger partial charge in [-0.2, -0.15) is 0 Å². The van der Waals surface area contributed by atoms with Crippen LogP contribution in [0.5, 0.6) is 5.75 Å². The molecule has 0 radical (unpaired) electrons. The van der Waals surface area contributed by atoms with Crippen LogP contribution in [0.25, 0.3) is 0 Å². The molecular formula is C33H46N4O7. The van der Waals surface area contributed by atoms with Crippen LogP contribution in [0.4, 0.5) is 10.5 Å². The fourth-order valence-corrected chi connectivity index (χ4v) is 5.30. The van der Waals surface area contributed by atoms with Crippen LogP contribution >= 0.6 is 0 Å². The summed E-state index contributed by atoms with van der Waals surface area (Å²) in [6, 6.07) is 12.8. The molecule has 0 unspecified atom stereocenters. The van der Waals surface area contributed by atoms with Crippen LogP contribution in [-0.2, 0) is 32.1 Å². The normalized spacial score (nSPS) is 16.6. The van der Waals surface area contributed by atoms with E-state index in [-0.39, 0.29) is 6.54 Å². The zero-order valence-electron chi connectivity index (χ0n) is 25.9. The summed E-state index contributed by atoms with van der Waals surface area (Å²) in [6.45, 7) is 6.58. The number of nitrogens with two attached hydrogens (primary N) is 1. The lowest BCUT2D eigenvalue weighted by Gasteiger charge is -2.33. The number of anilines is 1. The van der Waals surface area contributed by atoms with E-state index >= 15 is 0 Å². The van der Waals surface area contributed by atoms with Crippen LogP contribution in [0.2, 0.25) is 0 Å². The molecule has 2 aliphatic heterocycles. The Morgan fingerprint density at radius 3 is 2.64 bits per heavy atom. The number of rotatable bonds is 18. The molecule has 240 valence electrons. The van der Waals surface area contributed by atoms with E-state index in [0.717, 1.165) is 85.4 Å². The molecule has 4 amide bonds. The predicted molar refractivity (Wildman–Crippen MR) is 166 cm³/mol. The number of carbonyl (C=O) groups excluding carboxylic acids is 3. The van der Waals surface area contributed by atoms with E-state index in [0.29, 0.717) is 25.4 Å². The number of aryl methyl sites for hydroxylation is 1. The lowest BCUT2D eigenvalue weighted by Crippen LogP contribution is -2.39. The first-order valence-electron chi connectivity index (χ1n) is 15.5. The topological polar surface area (TPSA) is 144 Å². The number of nitrogens with zero attached hydrogens (tertiary/aromatic N) is 2. The minimum atomic E-state index is -0.718. The molecule has 44 heavy (non-hydrogen) atoms. The van der Waals surface area contributed by atoms with Crippen molar-refractivity contribution in [3.63, 3.8) is 0 Å². The van der Waals surface area contributed by atoms with E-state index < -0.39 is 36.3 Å². The van der Waals surface area contributed by atoms with E-state index in [1.165, 1.54) is 4.90 Å². The first kappa shape index (κ1) is 33.4. The van der Waals surface area contributed by atoms with Crippen LogP contribution in [0.1, 0.15) is 75.2 Å². The van der Waals surface area contributed by atoms with Gasteiger partial charge in [-0.3, -0.25) is 19.4 Å². The van der Waals surface area contributed by atoms with Crippen molar-refractivity contribution in [1.29, 1.82) is 0 Å². The Morgan fingerprint density at radius 2 is 1.84 bits per heavy atom. The first-order valence-corrected chi connectivity index (χ1v) is 15.5. The summed E-state index contributed by atoms with van der Waals surface area (Å²) in [5.41, 5.74) is 8.69. The molecule has 4 N–H and O–H groups in total. The molecule has 1 saturated heterocycles. The highest BCUT2D eigenvalue weighted by molar-refractivity contribution is 6.13. The number of aliphatic hydroxyl groups excluding tert-OH is 1. The highest BCUT2D eigenvalue weighted by Gasteiger charge is 2.37. The molecule has 0 spiro atoms. The van der Waals surface area contributed by atoms with Crippen LogP contribution in [0.15, 0.2) is 42.5 Å². The molecule has 2 heterocycles. The van der Waals surface area contributed by atoms with Crippen molar-refractivity contribution in [3.05, 3.63) is 59.2 Å². The van der Waals surface area contributed by atoms with Gasteiger partial charge in [-0.15, -0.1) is 0 Å². The maximum atomic E-state index is 12.5. The Hall–Kier alpha value is -3.51. The van der Waals surface area contributed by atoms with Gasteiger partial charge in [0.2, 0.25) is 11.7 Å². The number of aliphatic hydroxyl groups is 1. The van der Waals surface area contributed by atoms with Gasteiger partial charge in [0.05, 0.1) is 12.7 Å². The smallest absolute Gasteiger partial charge is 0.332 e. The monoisotopic (exact) mass is 610 g/mol. The molecular weight excluding hydrogens is 564 g/mol. The maximum Gasteiger partial charge on any atom is 0.332 e. The van der Waals surface area contributed by atoms with Crippen molar-refractivity contribution < 1.29 is 33.7 Å². The van der Waals surface area contributed by atoms with E-state index in [9.17, 15) is 19.5 Å². The number of fused-ring (bicyclic) bond motifs is 1. The molecule has 1 fully saturated rings. The van der Waals surface area contributed by atoms with Crippen LogP contribution in [0, 0.1) is 0 Å².